The minimum atomic E-state index is 0.536. The van der Waals surface area contributed by atoms with Gasteiger partial charge in [0.05, 0.1) is 0 Å². The Balaban J connectivity index is 1.98. The molecule has 0 spiro atoms. The number of hydrogen-bond acceptors (Lipinski definition) is 1. The number of nitrogens with one attached hydrogen (secondary N) is 1. The van der Waals surface area contributed by atoms with Crippen molar-refractivity contribution in [2.75, 3.05) is 7.05 Å². The van der Waals surface area contributed by atoms with Crippen LogP contribution in [0.1, 0.15) is 30.9 Å². The maximum Gasteiger partial charge on any atom is 0.0346 e. The topological polar surface area (TPSA) is 12.0 Å². The molecule has 1 nitrogen and oxygen atoms in total. The van der Waals surface area contributed by atoms with Crippen LogP contribution >= 0.6 is 0 Å². The Morgan fingerprint density at radius 1 is 1.06 bits per heavy atom. The van der Waals surface area contributed by atoms with Crippen molar-refractivity contribution in [3.05, 3.63) is 48.0 Å². The van der Waals surface area contributed by atoms with Gasteiger partial charge in [-0.2, -0.15) is 0 Å². The van der Waals surface area contributed by atoms with Gasteiger partial charge in [-0.05, 0) is 48.2 Å². The van der Waals surface area contributed by atoms with E-state index in [0.29, 0.717) is 6.04 Å². The maximum absolute atomic E-state index is 3.48. The lowest BCUT2D eigenvalue weighted by Crippen LogP contribution is -2.29. The van der Waals surface area contributed by atoms with Gasteiger partial charge in [-0.25, -0.2) is 0 Å². The quantitative estimate of drug-likeness (QED) is 0.835. The van der Waals surface area contributed by atoms with E-state index in [4.69, 9.17) is 0 Å². The maximum atomic E-state index is 3.48. The van der Waals surface area contributed by atoms with Gasteiger partial charge in [-0.1, -0.05) is 42.8 Å². The lowest BCUT2D eigenvalue weighted by Gasteiger charge is -2.34. The van der Waals surface area contributed by atoms with Crippen LogP contribution in [-0.4, -0.2) is 7.05 Å². The summed E-state index contributed by atoms with van der Waals surface area (Å²) in [6, 6.07) is 16.0. The summed E-state index contributed by atoms with van der Waals surface area (Å²) in [6.45, 7) is 0. The first-order valence-corrected chi connectivity index (χ1v) is 6.54. The molecule has 0 bridgehead atoms. The van der Waals surface area contributed by atoms with E-state index in [2.05, 4.69) is 54.8 Å². The van der Waals surface area contributed by atoms with Crippen molar-refractivity contribution < 1.29 is 0 Å². The molecule has 88 valence electrons. The van der Waals surface area contributed by atoms with Crippen molar-refractivity contribution in [2.24, 2.45) is 5.92 Å². The summed E-state index contributed by atoms with van der Waals surface area (Å²) in [7, 11) is 2.08. The highest BCUT2D eigenvalue weighted by molar-refractivity contribution is 5.83. The molecule has 1 atom stereocenters. The normalized spacial score (nSPS) is 17.9. The van der Waals surface area contributed by atoms with E-state index in [1.165, 1.54) is 35.6 Å². The second-order valence-electron chi connectivity index (χ2n) is 5.06. The molecular weight excluding hydrogens is 206 g/mol. The van der Waals surface area contributed by atoms with E-state index >= 15 is 0 Å². The number of fused-ring (bicyclic) bond motifs is 1. The molecule has 2 aromatic rings. The highest BCUT2D eigenvalue weighted by atomic mass is 14.9. The molecule has 0 aliphatic heterocycles. The molecule has 2 aromatic carbocycles. The zero-order chi connectivity index (χ0) is 11.7. The van der Waals surface area contributed by atoms with E-state index in [1.807, 2.05) is 0 Å². The predicted octanol–water partition coefficient (Wildman–Crippen LogP) is 3.90. The molecule has 0 aromatic heterocycles. The molecule has 0 heterocycles. The van der Waals surface area contributed by atoms with Crippen molar-refractivity contribution in [3.8, 4) is 0 Å². The van der Waals surface area contributed by atoms with Gasteiger partial charge in [0.1, 0.15) is 0 Å². The third-order valence-electron chi connectivity index (χ3n) is 4.06. The summed E-state index contributed by atoms with van der Waals surface area (Å²) in [5.74, 6) is 0.834. The fourth-order valence-corrected chi connectivity index (χ4v) is 2.85. The predicted molar refractivity (Wildman–Crippen MR) is 73.1 cm³/mol. The zero-order valence-electron chi connectivity index (χ0n) is 10.3. The smallest absolute Gasteiger partial charge is 0.0346 e. The fraction of sp³-hybridized carbons (Fsp3) is 0.375. The van der Waals surface area contributed by atoms with E-state index in [1.54, 1.807) is 0 Å². The summed E-state index contributed by atoms with van der Waals surface area (Å²) in [4.78, 5) is 0. The number of rotatable bonds is 3. The van der Waals surface area contributed by atoms with E-state index in [9.17, 15) is 0 Å². The van der Waals surface area contributed by atoms with E-state index in [0.717, 1.165) is 5.92 Å². The largest absolute Gasteiger partial charge is 0.313 e. The Bertz CT molecular complexity index is 514. The van der Waals surface area contributed by atoms with Crippen LogP contribution in [0.25, 0.3) is 10.8 Å². The fourth-order valence-electron chi connectivity index (χ4n) is 2.85. The van der Waals surface area contributed by atoms with Gasteiger partial charge in [0, 0.05) is 6.04 Å². The third-order valence-corrected chi connectivity index (χ3v) is 4.06. The highest BCUT2D eigenvalue weighted by Crippen LogP contribution is 2.38. The lowest BCUT2D eigenvalue weighted by molar-refractivity contribution is 0.239. The van der Waals surface area contributed by atoms with Gasteiger partial charge in [0.2, 0.25) is 0 Å². The van der Waals surface area contributed by atoms with Gasteiger partial charge < -0.3 is 5.32 Å². The average molecular weight is 225 g/mol. The standard InChI is InChI=1S/C16H19N/c1-17-16(13-7-4-8-13)15-10-9-12-5-2-3-6-14(12)11-15/h2-3,5-6,9-11,13,16-17H,4,7-8H2,1H3. The van der Waals surface area contributed by atoms with E-state index in [-0.39, 0.29) is 0 Å². The molecular formula is C16H19N. The summed E-state index contributed by atoms with van der Waals surface area (Å²) in [6.07, 6.45) is 4.15. The van der Waals surface area contributed by atoms with Crippen molar-refractivity contribution in [1.82, 2.24) is 5.32 Å². The first-order valence-electron chi connectivity index (χ1n) is 6.54. The monoisotopic (exact) mass is 225 g/mol. The van der Waals surface area contributed by atoms with Crippen LogP contribution in [0.3, 0.4) is 0 Å². The number of hydrogen-bond donors (Lipinski definition) is 1. The summed E-state index contributed by atoms with van der Waals surface area (Å²) >= 11 is 0. The van der Waals surface area contributed by atoms with Crippen LogP contribution in [-0.2, 0) is 0 Å². The molecule has 1 aliphatic rings. The van der Waals surface area contributed by atoms with E-state index < -0.39 is 0 Å². The lowest BCUT2D eigenvalue weighted by atomic mass is 9.77. The molecule has 0 radical (unpaired) electrons. The van der Waals surface area contributed by atoms with Gasteiger partial charge in [0.25, 0.3) is 0 Å². The van der Waals surface area contributed by atoms with Crippen LogP contribution in [0, 0.1) is 5.92 Å². The van der Waals surface area contributed by atoms with Crippen LogP contribution in [0.2, 0.25) is 0 Å². The first kappa shape index (κ1) is 10.8. The minimum absolute atomic E-state index is 0.536. The zero-order valence-corrected chi connectivity index (χ0v) is 10.3. The first-order chi connectivity index (χ1) is 8.38. The van der Waals surface area contributed by atoms with Crippen LogP contribution in [0.15, 0.2) is 42.5 Å². The molecule has 1 aliphatic carbocycles. The van der Waals surface area contributed by atoms with Gasteiger partial charge in [0.15, 0.2) is 0 Å². The molecule has 17 heavy (non-hydrogen) atoms. The van der Waals surface area contributed by atoms with Crippen molar-refractivity contribution in [1.29, 1.82) is 0 Å². The summed E-state index contributed by atoms with van der Waals surface area (Å²) < 4.78 is 0. The molecule has 1 heteroatoms. The molecule has 1 unspecified atom stereocenters. The Hall–Kier alpha value is -1.34. The Morgan fingerprint density at radius 3 is 2.47 bits per heavy atom. The van der Waals surface area contributed by atoms with Gasteiger partial charge in [-0.3, -0.25) is 0 Å². The molecule has 0 amide bonds. The second-order valence-corrected chi connectivity index (χ2v) is 5.06. The minimum Gasteiger partial charge on any atom is -0.313 e. The third kappa shape index (κ3) is 1.96. The van der Waals surface area contributed by atoms with Crippen molar-refractivity contribution in [2.45, 2.75) is 25.3 Å². The second kappa shape index (κ2) is 4.50. The Kier molecular flexibility index (Phi) is 2.86. The van der Waals surface area contributed by atoms with Crippen LogP contribution in [0.5, 0.6) is 0 Å². The van der Waals surface area contributed by atoms with Crippen molar-refractivity contribution in [3.63, 3.8) is 0 Å². The van der Waals surface area contributed by atoms with Crippen LogP contribution in [0.4, 0.5) is 0 Å². The van der Waals surface area contributed by atoms with Gasteiger partial charge >= 0.3 is 0 Å². The average Bonchev–Trinajstić information content (AvgIpc) is 2.33. The van der Waals surface area contributed by atoms with Crippen molar-refractivity contribution >= 4 is 10.8 Å². The SMILES string of the molecule is CNC(c1ccc2ccccc2c1)C1CCC1. The molecule has 1 fully saturated rings. The van der Waals surface area contributed by atoms with Gasteiger partial charge in [-0.15, -0.1) is 0 Å². The molecule has 3 rings (SSSR count). The highest BCUT2D eigenvalue weighted by Gasteiger charge is 2.27. The molecule has 0 saturated heterocycles. The Labute approximate surface area is 103 Å². The number of benzene rings is 2. The Morgan fingerprint density at radius 2 is 1.82 bits per heavy atom. The summed E-state index contributed by atoms with van der Waals surface area (Å²) in [5, 5.41) is 6.17. The summed E-state index contributed by atoms with van der Waals surface area (Å²) in [5.41, 5.74) is 1.44. The molecule has 1 N–H and O–H groups in total. The van der Waals surface area contributed by atoms with Crippen LogP contribution < -0.4 is 5.32 Å². The molecule has 1 saturated carbocycles.